The van der Waals surface area contributed by atoms with Gasteiger partial charge in [-0.2, -0.15) is 0 Å². The third-order valence-corrected chi connectivity index (χ3v) is 13.9. The molecule has 0 N–H and O–H groups in total. The Morgan fingerprint density at radius 1 is 0.613 bits per heavy atom. The van der Waals surface area contributed by atoms with Crippen molar-refractivity contribution in [2.24, 2.45) is 16.8 Å². The highest BCUT2D eigenvalue weighted by atomic mass is 14.8. The Balaban J connectivity index is 1.10. The Hall–Kier alpha value is -7.09. The lowest BCUT2D eigenvalue weighted by molar-refractivity contribution is 0.637. The molecule has 0 heterocycles. The summed E-state index contributed by atoms with van der Waals surface area (Å²) in [5, 5.41) is 0. The summed E-state index contributed by atoms with van der Waals surface area (Å²) in [5.74, 6) is 0.453. The van der Waals surface area contributed by atoms with Crippen LogP contribution in [-0.4, -0.2) is 5.71 Å². The first-order chi connectivity index (χ1) is 30.5. The van der Waals surface area contributed by atoms with Gasteiger partial charge >= 0.3 is 0 Å². The maximum absolute atomic E-state index is 5.76. The van der Waals surface area contributed by atoms with Crippen molar-refractivity contribution in [2.75, 3.05) is 0 Å². The quantitative estimate of drug-likeness (QED) is 0.136. The molecule has 2 atom stereocenters. The van der Waals surface area contributed by atoms with Gasteiger partial charge in [0, 0.05) is 23.1 Å². The molecule has 0 amide bonds. The van der Waals surface area contributed by atoms with Gasteiger partial charge in [0.2, 0.25) is 0 Å². The molecule has 0 aromatic heterocycles. The van der Waals surface area contributed by atoms with Crippen LogP contribution in [0.25, 0.3) is 39.1 Å². The summed E-state index contributed by atoms with van der Waals surface area (Å²) in [5.41, 5.74) is 23.7. The predicted octanol–water partition coefficient (Wildman–Crippen LogP) is 15.1. The number of aliphatic imine (C=N–C) groups is 1. The summed E-state index contributed by atoms with van der Waals surface area (Å²) in [6, 6.07) is 63.0. The standard InChI is InChI=1S/C61H49N/c1-40-18-7-10-24-49(40)52-26-12-9-22-48(52)38-43-32-34-45(35-33-43)47-36-37-55-58(39-47)61(56-30-15-13-27-53(56)54-28-14-16-31-57(54)61)59(60(55)62-42(3)44-19-5-4-6-20-44)41(2)50-29-17-23-46-21-8-11-25-51(46)50/h4-22,24-37,39,41,46H,23,38H2,1-3H3/t41-,46?/m0/s1. The third-order valence-electron chi connectivity index (χ3n) is 13.9. The topological polar surface area (TPSA) is 12.4 Å². The highest BCUT2D eigenvalue weighted by molar-refractivity contribution is 6.04. The van der Waals surface area contributed by atoms with Crippen molar-refractivity contribution in [3.8, 4) is 33.4 Å². The van der Waals surface area contributed by atoms with Crippen LogP contribution in [-0.2, 0) is 11.8 Å². The van der Waals surface area contributed by atoms with E-state index < -0.39 is 5.41 Å². The smallest absolute Gasteiger partial charge is 0.0722 e. The molecule has 1 nitrogen and oxygen atoms in total. The van der Waals surface area contributed by atoms with Gasteiger partial charge in [-0.1, -0.05) is 207 Å². The molecule has 4 aliphatic rings. The van der Waals surface area contributed by atoms with Crippen LogP contribution in [0.1, 0.15) is 64.8 Å². The number of hydrogen-bond donors (Lipinski definition) is 0. The number of allylic oxidation sites excluding steroid dienone is 9. The average Bonchev–Trinajstić information content (AvgIpc) is 3.78. The summed E-state index contributed by atoms with van der Waals surface area (Å²) in [6.45, 7) is 6.82. The van der Waals surface area contributed by atoms with E-state index in [-0.39, 0.29) is 5.92 Å². The Kier molecular flexibility index (Phi) is 9.42. The highest BCUT2D eigenvalue weighted by Gasteiger charge is 2.55. The lowest BCUT2D eigenvalue weighted by Crippen LogP contribution is -2.31. The van der Waals surface area contributed by atoms with E-state index in [9.17, 15) is 0 Å². The second-order valence-electron chi connectivity index (χ2n) is 17.4. The van der Waals surface area contributed by atoms with Gasteiger partial charge < -0.3 is 0 Å². The van der Waals surface area contributed by atoms with Crippen molar-refractivity contribution < 1.29 is 0 Å². The van der Waals surface area contributed by atoms with Crippen molar-refractivity contribution in [1.29, 1.82) is 0 Å². The van der Waals surface area contributed by atoms with Gasteiger partial charge in [0.05, 0.1) is 11.1 Å². The molecule has 62 heavy (non-hydrogen) atoms. The number of rotatable bonds is 8. The fourth-order valence-corrected chi connectivity index (χ4v) is 11.0. The highest BCUT2D eigenvalue weighted by Crippen LogP contribution is 2.65. The van der Waals surface area contributed by atoms with Crippen molar-refractivity contribution in [2.45, 2.75) is 39.0 Å². The monoisotopic (exact) mass is 795 g/mol. The molecule has 0 saturated heterocycles. The van der Waals surface area contributed by atoms with Gasteiger partial charge in [0.1, 0.15) is 0 Å². The Morgan fingerprint density at radius 2 is 1.26 bits per heavy atom. The molecule has 0 bridgehead atoms. The normalized spacial score (nSPS) is 17.3. The molecule has 0 saturated carbocycles. The summed E-state index contributed by atoms with van der Waals surface area (Å²) < 4.78 is 0. The molecule has 7 aromatic rings. The van der Waals surface area contributed by atoms with Crippen LogP contribution in [0.5, 0.6) is 0 Å². The number of benzene rings is 7. The number of nitrogens with zero attached hydrogens (tertiary/aromatic N) is 1. The number of fused-ring (bicyclic) bond motifs is 8. The molecule has 1 unspecified atom stereocenters. The van der Waals surface area contributed by atoms with Gasteiger partial charge in [-0.05, 0) is 122 Å². The van der Waals surface area contributed by atoms with E-state index in [2.05, 4.69) is 227 Å². The van der Waals surface area contributed by atoms with Gasteiger partial charge in [-0.15, -0.1) is 0 Å². The zero-order valence-corrected chi connectivity index (χ0v) is 35.6. The average molecular weight is 796 g/mol. The van der Waals surface area contributed by atoms with E-state index in [1.165, 1.54) is 89.0 Å². The summed E-state index contributed by atoms with van der Waals surface area (Å²) >= 11 is 0. The van der Waals surface area contributed by atoms with Crippen LogP contribution in [0.4, 0.5) is 0 Å². The zero-order chi connectivity index (χ0) is 41.8. The second kappa shape index (κ2) is 15.4. The van der Waals surface area contributed by atoms with Crippen LogP contribution in [0.2, 0.25) is 0 Å². The van der Waals surface area contributed by atoms with Crippen molar-refractivity contribution in [1.82, 2.24) is 0 Å². The molecular weight excluding hydrogens is 747 g/mol. The molecule has 0 aliphatic heterocycles. The SMILES string of the molecule is CC(=NC1=C([C@@H](C)C2=C3C=CC=CC3CC=C2)C2(c3cc(-c4ccc(Cc5ccccc5-c5ccccc5C)cc4)ccc31)c1ccccc1-c1ccccc12)c1ccccc1. The second-order valence-corrected chi connectivity index (χ2v) is 17.4. The molecule has 298 valence electrons. The van der Waals surface area contributed by atoms with Crippen LogP contribution >= 0.6 is 0 Å². The van der Waals surface area contributed by atoms with Gasteiger partial charge in [0.25, 0.3) is 0 Å². The van der Waals surface area contributed by atoms with Crippen molar-refractivity contribution >= 4 is 11.4 Å². The molecule has 0 radical (unpaired) electrons. The molecule has 7 aromatic carbocycles. The fourth-order valence-electron chi connectivity index (χ4n) is 11.0. The van der Waals surface area contributed by atoms with Crippen LogP contribution in [0, 0.1) is 18.8 Å². The van der Waals surface area contributed by atoms with E-state index in [4.69, 9.17) is 4.99 Å². The molecule has 1 heteroatoms. The van der Waals surface area contributed by atoms with E-state index in [1.54, 1.807) is 0 Å². The summed E-state index contributed by atoms with van der Waals surface area (Å²) in [6.07, 6.45) is 15.8. The predicted molar refractivity (Wildman–Crippen MR) is 260 cm³/mol. The summed E-state index contributed by atoms with van der Waals surface area (Å²) in [7, 11) is 0. The summed E-state index contributed by atoms with van der Waals surface area (Å²) in [4.78, 5) is 5.76. The molecule has 11 rings (SSSR count). The Labute approximate surface area is 366 Å². The van der Waals surface area contributed by atoms with E-state index in [0.29, 0.717) is 5.92 Å². The number of hydrogen-bond acceptors (Lipinski definition) is 1. The zero-order valence-electron chi connectivity index (χ0n) is 35.6. The van der Waals surface area contributed by atoms with Crippen molar-refractivity contribution in [3.05, 3.63) is 268 Å². The van der Waals surface area contributed by atoms with E-state index in [0.717, 1.165) is 29.8 Å². The minimum Gasteiger partial charge on any atom is -0.252 e. The Bertz CT molecular complexity index is 3040. The third kappa shape index (κ3) is 6.10. The molecule has 0 fully saturated rings. The first-order valence-corrected chi connectivity index (χ1v) is 22.2. The number of aryl methyl sites for hydroxylation is 1. The largest absolute Gasteiger partial charge is 0.252 e. The Morgan fingerprint density at radius 3 is 2.00 bits per heavy atom. The van der Waals surface area contributed by atoms with E-state index in [1.807, 2.05) is 0 Å². The molecule has 1 spiro atoms. The minimum absolute atomic E-state index is 0.0689. The van der Waals surface area contributed by atoms with Crippen molar-refractivity contribution in [3.63, 3.8) is 0 Å². The van der Waals surface area contributed by atoms with Gasteiger partial charge in [-0.3, -0.25) is 4.99 Å². The first-order valence-electron chi connectivity index (χ1n) is 22.2. The first kappa shape index (κ1) is 37.9. The molecular formula is C61H49N. The van der Waals surface area contributed by atoms with Crippen LogP contribution < -0.4 is 0 Å². The maximum atomic E-state index is 5.76. The lowest BCUT2D eigenvalue weighted by atomic mass is 9.64. The van der Waals surface area contributed by atoms with E-state index >= 15 is 0 Å². The molecule has 4 aliphatic carbocycles. The maximum Gasteiger partial charge on any atom is 0.0722 e. The van der Waals surface area contributed by atoms with Gasteiger partial charge in [-0.25, -0.2) is 0 Å². The van der Waals surface area contributed by atoms with Gasteiger partial charge in [0.15, 0.2) is 0 Å². The minimum atomic E-state index is -0.546. The van der Waals surface area contributed by atoms with Crippen LogP contribution in [0.15, 0.2) is 228 Å². The van der Waals surface area contributed by atoms with Crippen LogP contribution in [0.3, 0.4) is 0 Å². The fraction of sp³-hybridized carbons (Fsp3) is 0.131. The lowest BCUT2D eigenvalue weighted by Gasteiger charge is -2.37.